The average molecular weight is 636 g/mol. The van der Waals surface area contributed by atoms with Gasteiger partial charge in [-0.1, -0.05) is 11.3 Å². The minimum Gasteiger partial charge on any atom is -0.504 e. The predicted molar refractivity (Wildman–Crippen MR) is 147 cm³/mol. The fourth-order valence-corrected chi connectivity index (χ4v) is 5.79. The van der Waals surface area contributed by atoms with Gasteiger partial charge in [-0.3, -0.25) is 9.36 Å². The number of allylic oxidation sites excluding steroid dienone is 1. The molecule has 0 radical (unpaired) electrons. The Morgan fingerprint density at radius 2 is 1.89 bits per heavy atom. The number of aromatic hydroxyl groups is 1. The summed E-state index contributed by atoms with van der Waals surface area (Å²) in [5, 5.41) is 10.2. The van der Waals surface area contributed by atoms with Crippen LogP contribution in [0.3, 0.4) is 0 Å². The quantitative estimate of drug-likeness (QED) is 0.314. The maximum atomic E-state index is 13.8. The minimum atomic E-state index is -0.850. The first-order valence-electron chi connectivity index (χ1n) is 11.2. The number of aromatic nitrogens is 1. The fourth-order valence-electron chi connectivity index (χ4n) is 4.12. The Morgan fingerprint density at radius 1 is 1.16 bits per heavy atom. The molecule has 9 nitrogen and oxygen atoms in total. The normalized spacial score (nSPS) is 15.2. The summed E-state index contributed by atoms with van der Waals surface area (Å²) in [7, 11) is 4.52. The number of benzene rings is 2. The van der Waals surface area contributed by atoms with Gasteiger partial charge in [0.25, 0.3) is 5.56 Å². The highest BCUT2D eigenvalue weighted by molar-refractivity contribution is 14.1. The van der Waals surface area contributed by atoms with Crippen molar-refractivity contribution in [1.29, 1.82) is 0 Å². The fraction of sp³-hybridized carbons (Fsp3) is 0.269. The van der Waals surface area contributed by atoms with Gasteiger partial charge in [-0.05, 0) is 78.4 Å². The van der Waals surface area contributed by atoms with Gasteiger partial charge in [-0.15, -0.1) is 0 Å². The van der Waals surface area contributed by atoms with E-state index in [0.29, 0.717) is 47.0 Å². The lowest BCUT2D eigenvalue weighted by Crippen LogP contribution is -2.40. The van der Waals surface area contributed by atoms with Gasteiger partial charge in [0.1, 0.15) is 17.5 Å². The van der Waals surface area contributed by atoms with Crippen molar-refractivity contribution in [1.82, 2.24) is 4.57 Å². The van der Waals surface area contributed by atoms with Crippen LogP contribution in [0.1, 0.15) is 31.0 Å². The SMILES string of the molecule is CCOC(=O)C1=C(C)N=c2s/c(=C/c3cc(I)c(O)c(OC)c3)c(=O)n2[C@H]1c1cc(OC)ccc1OC. The number of methoxy groups -OCH3 is 3. The molecule has 194 valence electrons. The number of nitrogens with zero attached hydrogens (tertiary/aromatic N) is 2. The molecule has 2 aromatic carbocycles. The smallest absolute Gasteiger partial charge is 0.338 e. The van der Waals surface area contributed by atoms with Crippen molar-refractivity contribution in [3.63, 3.8) is 0 Å². The number of ether oxygens (including phenoxy) is 4. The zero-order valence-corrected chi connectivity index (χ0v) is 23.8. The van der Waals surface area contributed by atoms with Crippen LogP contribution in [0.15, 0.2) is 51.4 Å². The van der Waals surface area contributed by atoms with Crippen LogP contribution in [0.4, 0.5) is 0 Å². The predicted octanol–water partition coefficient (Wildman–Crippen LogP) is 3.13. The molecule has 4 rings (SSSR count). The minimum absolute atomic E-state index is 0.0292. The summed E-state index contributed by atoms with van der Waals surface area (Å²) >= 11 is 3.20. The van der Waals surface area contributed by atoms with Crippen molar-refractivity contribution in [3.05, 3.63) is 76.0 Å². The Hall–Kier alpha value is -3.32. The molecular formula is C26H25IN2O7S. The molecule has 3 aromatic rings. The third-order valence-electron chi connectivity index (χ3n) is 5.82. The van der Waals surface area contributed by atoms with Crippen molar-refractivity contribution < 1.29 is 28.8 Å². The van der Waals surface area contributed by atoms with E-state index in [0.717, 1.165) is 0 Å². The van der Waals surface area contributed by atoms with E-state index in [4.69, 9.17) is 18.9 Å². The number of hydrogen-bond donors (Lipinski definition) is 1. The van der Waals surface area contributed by atoms with Crippen molar-refractivity contribution in [2.75, 3.05) is 27.9 Å². The number of fused-ring (bicyclic) bond motifs is 1. The van der Waals surface area contributed by atoms with Gasteiger partial charge >= 0.3 is 5.97 Å². The Kier molecular flexibility index (Phi) is 7.93. The summed E-state index contributed by atoms with van der Waals surface area (Å²) in [6.07, 6.45) is 1.71. The molecule has 0 aliphatic carbocycles. The first-order chi connectivity index (χ1) is 17.7. The lowest BCUT2D eigenvalue weighted by molar-refractivity contribution is -0.139. The van der Waals surface area contributed by atoms with Crippen LogP contribution in [-0.4, -0.2) is 43.6 Å². The van der Waals surface area contributed by atoms with E-state index >= 15 is 0 Å². The van der Waals surface area contributed by atoms with E-state index in [1.807, 2.05) is 22.6 Å². The molecule has 0 saturated heterocycles. The summed E-state index contributed by atoms with van der Waals surface area (Å²) in [4.78, 5) is 32.0. The second-order valence-electron chi connectivity index (χ2n) is 7.96. The lowest BCUT2D eigenvalue weighted by atomic mass is 9.94. The first kappa shape index (κ1) is 26.7. The number of carbonyl (C=O) groups excluding carboxylic acids is 1. The van der Waals surface area contributed by atoms with Gasteiger partial charge in [-0.25, -0.2) is 9.79 Å². The Labute approximate surface area is 230 Å². The highest BCUT2D eigenvalue weighted by atomic mass is 127. The maximum absolute atomic E-state index is 13.8. The molecule has 1 aromatic heterocycles. The molecule has 0 amide bonds. The Balaban J connectivity index is 2.01. The molecule has 0 saturated carbocycles. The van der Waals surface area contributed by atoms with Crippen LogP contribution in [0.25, 0.3) is 6.08 Å². The van der Waals surface area contributed by atoms with E-state index in [1.165, 1.54) is 37.2 Å². The second-order valence-corrected chi connectivity index (χ2v) is 10.1. The van der Waals surface area contributed by atoms with E-state index in [-0.39, 0.29) is 23.5 Å². The van der Waals surface area contributed by atoms with Crippen molar-refractivity contribution in [3.8, 4) is 23.0 Å². The van der Waals surface area contributed by atoms with Crippen molar-refractivity contribution in [2.24, 2.45) is 4.99 Å². The molecule has 1 atom stereocenters. The molecule has 0 unspecified atom stereocenters. The summed E-state index contributed by atoms with van der Waals surface area (Å²) in [5.74, 6) is 0.786. The summed E-state index contributed by atoms with van der Waals surface area (Å²) in [6, 6.07) is 7.75. The van der Waals surface area contributed by atoms with E-state index in [2.05, 4.69) is 4.99 Å². The largest absolute Gasteiger partial charge is 0.504 e. The standard InChI is InChI=1S/C26H25IN2O7S/c1-6-36-25(32)21-13(2)28-26-29(22(21)16-12-15(33-3)7-8-18(16)34-4)24(31)20(37-26)11-14-9-17(27)23(30)19(10-14)35-5/h7-12,22,30H,6H2,1-5H3/b20-11+/t22-/m0/s1. The van der Waals surface area contributed by atoms with Gasteiger partial charge in [-0.2, -0.15) is 0 Å². The number of thiazole rings is 1. The van der Waals surface area contributed by atoms with E-state index in [1.54, 1.807) is 50.3 Å². The van der Waals surface area contributed by atoms with Crippen LogP contribution in [0.2, 0.25) is 0 Å². The average Bonchev–Trinajstić information content (AvgIpc) is 3.18. The van der Waals surface area contributed by atoms with Crippen LogP contribution < -0.4 is 29.1 Å². The molecule has 0 spiro atoms. The zero-order valence-electron chi connectivity index (χ0n) is 20.8. The first-order valence-corrected chi connectivity index (χ1v) is 13.1. The molecule has 11 heteroatoms. The van der Waals surface area contributed by atoms with E-state index < -0.39 is 12.0 Å². The highest BCUT2D eigenvalue weighted by Gasteiger charge is 2.35. The summed E-state index contributed by atoms with van der Waals surface area (Å²) in [5.41, 5.74) is 1.58. The number of phenols is 1. The molecule has 1 N–H and O–H groups in total. The number of halogens is 1. The number of esters is 1. The van der Waals surface area contributed by atoms with Crippen molar-refractivity contribution >= 4 is 46.0 Å². The third-order valence-corrected chi connectivity index (χ3v) is 7.62. The van der Waals surface area contributed by atoms with Gasteiger partial charge in [0.2, 0.25) is 0 Å². The number of rotatable bonds is 7. The Morgan fingerprint density at radius 3 is 2.54 bits per heavy atom. The summed E-state index contributed by atoms with van der Waals surface area (Å²) in [6.45, 7) is 3.61. The molecule has 0 fully saturated rings. The van der Waals surface area contributed by atoms with Crippen molar-refractivity contribution in [2.45, 2.75) is 19.9 Å². The maximum Gasteiger partial charge on any atom is 0.338 e. The molecule has 1 aliphatic rings. The highest BCUT2D eigenvalue weighted by Crippen LogP contribution is 2.38. The molecule has 37 heavy (non-hydrogen) atoms. The lowest BCUT2D eigenvalue weighted by Gasteiger charge is -2.26. The second kappa shape index (κ2) is 11.0. The van der Waals surface area contributed by atoms with Crippen LogP contribution >= 0.6 is 33.9 Å². The number of carbonyl (C=O) groups is 1. The third kappa shape index (κ3) is 4.97. The van der Waals surface area contributed by atoms with E-state index in [9.17, 15) is 14.7 Å². The summed E-state index contributed by atoms with van der Waals surface area (Å²) < 4.78 is 24.1. The zero-order chi connectivity index (χ0) is 26.9. The van der Waals surface area contributed by atoms with Gasteiger partial charge in [0, 0.05) is 5.56 Å². The molecular weight excluding hydrogens is 611 g/mol. The molecule has 2 heterocycles. The van der Waals surface area contributed by atoms with Gasteiger partial charge < -0.3 is 24.1 Å². The van der Waals surface area contributed by atoms with Gasteiger partial charge in [0.05, 0.1) is 47.3 Å². The Bertz CT molecular complexity index is 1590. The van der Waals surface area contributed by atoms with Crippen LogP contribution in [0.5, 0.6) is 23.0 Å². The van der Waals surface area contributed by atoms with Crippen LogP contribution in [-0.2, 0) is 9.53 Å². The van der Waals surface area contributed by atoms with Crippen LogP contribution in [0, 0.1) is 3.57 Å². The number of phenolic OH excluding ortho intramolecular Hbond substituents is 1. The molecule has 1 aliphatic heterocycles. The number of hydrogen-bond acceptors (Lipinski definition) is 9. The van der Waals surface area contributed by atoms with Gasteiger partial charge in [0.15, 0.2) is 16.3 Å². The topological polar surface area (TPSA) is 109 Å². The monoisotopic (exact) mass is 636 g/mol. The molecule has 0 bridgehead atoms.